The maximum Gasteiger partial charge on any atom is 0.154 e. The number of aromatic nitrogens is 2. The van der Waals surface area contributed by atoms with Gasteiger partial charge >= 0.3 is 0 Å². The maximum atomic E-state index is 11.8. The highest BCUT2D eigenvalue weighted by molar-refractivity contribution is 7.92. The number of hydrogen-bond donors (Lipinski definition) is 2. The molecule has 0 amide bonds. The molecule has 0 bridgehead atoms. The van der Waals surface area contributed by atoms with E-state index >= 15 is 0 Å². The lowest BCUT2D eigenvalue weighted by atomic mass is 10.0. The number of sulfone groups is 1. The third-order valence-electron chi connectivity index (χ3n) is 3.49. The van der Waals surface area contributed by atoms with Crippen molar-refractivity contribution in [3.8, 4) is 0 Å². The van der Waals surface area contributed by atoms with Gasteiger partial charge in [0.1, 0.15) is 18.0 Å². The van der Waals surface area contributed by atoms with Crippen LogP contribution in [0.3, 0.4) is 0 Å². The maximum absolute atomic E-state index is 11.8. The van der Waals surface area contributed by atoms with Crippen LogP contribution in [0.2, 0.25) is 0 Å². The van der Waals surface area contributed by atoms with Gasteiger partial charge in [0.15, 0.2) is 9.84 Å². The Balaban J connectivity index is 3.06. The normalized spacial score (nSPS) is 12.5. The molecule has 0 atom stereocenters. The molecule has 0 radical (unpaired) electrons. The molecule has 2 N–H and O–H groups in total. The van der Waals surface area contributed by atoms with Crippen LogP contribution in [0.5, 0.6) is 0 Å². The molecule has 1 heterocycles. The minimum absolute atomic E-state index is 0.226. The Morgan fingerprint density at radius 3 is 2.14 bits per heavy atom. The Hall–Kier alpha value is -1.37. The Bertz CT molecular complexity index is 583. The van der Waals surface area contributed by atoms with E-state index in [1.54, 1.807) is 13.8 Å². The SMILES string of the molecule is CCNc1ncnc(NCC(C)(C)S(C)(=O)=O)c1C(C)C. The second-order valence-corrected chi connectivity index (χ2v) is 8.70. The minimum atomic E-state index is -3.15. The molecule has 0 aliphatic rings. The second kappa shape index (κ2) is 6.60. The molecule has 0 saturated heterocycles. The van der Waals surface area contributed by atoms with Crippen molar-refractivity contribution in [2.24, 2.45) is 0 Å². The van der Waals surface area contributed by atoms with Crippen molar-refractivity contribution in [1.82, 2.24) is 9.97 Å². The fraction of sp³-hybridized carbons (Fsp3) is 0.714. The molecule has 0 spiro atoms. The zero-order valence-corrected chi connectivity index (χ0v) is 14.5. The van der Waals surface area contributed by atoms with Gasteiger partial charge in [-0.1, -0.05) is 13.8 Å². The van der Waals surface area contributed by atoms with Gasteiger partial charge in [-0.2, -0.15) is 0 Å². The third kappa shape index (κ3) is 4.30. The van der Waals surface area contributed by atoms with Crippen molar-refractivity contribution < 1.29 is 8.42 Å². The van der Waals surface area contributed by atoms with Crippen molar-refractivity contribution in [3.05, 3.63) is 11.9 Å². The molecule has 0 fully saturated rings. The van der Waals surface area contributed by atoms with E-state index in [2.05, 4.69) is 34.4 Å². The smallest absolute Gasteiger partial charge is 0.154 e. The topological polar surface area (TPSA) is 84.0 Å². The summed E-state index contributed by atoms with van der Waals surface area (Å²) < 4.78 is 22.7. The summed E-state index contributed by atoms with van der Waals surface area (Å²) in [5, 5.41) is 6.39. The average molecular weight is 314 g/mol. The molecule has 1 rings (SSSR count). The number of rotatable bonds is 7. The largest absolute Gasteiger partial charge is 0.370 e. The standard InChI is InChI=1S/C14H26N4O2S/c1-7-15-12-11(10(2)3)13(18-9-17-12)16-8-14(4,5)21(6,19)20/h9-10H,7-8H2,1-6H3,(H2,15,16,17,18). The summed E-state index contributed by atoms with van der Waals surface area (Å²) >= 11 is 0. The molecular weight excluding hydrogens is 288 g/mol. The second-order valence-electron chi connectivity index (χ2n) is 6.05. The number of nitrogens with zero attached hydrogens (tertiary/aromatic N) is 2. The van der Waals surface area contributed by atoms with Gasteiger partial charge in [-0.3, -0.25) is 0 Å². The van der Waals surface area contributed by atoms with Crippen LogP contribution in [0, 0.1) is 0 Å². The summed E-state index contributed by atoms with van der Waals surface area (Å²) in [6, 6.07) is 0. The lowest BCUT2D eigenvalue weighted by Crippen LogP contribution is -2.38. The van der Waals surface area contributed by atoms with Crippen LogP contribution in [0.4, 0.5) is 11.6 Å². The predicted molar refractivity (Wildman–Crippen MR) is 87.7 cm³/mol. The Labute approximate surface area is 127 Å². The lowest BCUT2D eigenvalue weighted by molar-refractivity contribution is 0.559. The summed E-state index contributed by atoms with van der Waals surface area (Å²) in [5.74, 6) is 1.71. The molecule has 0 aliphatic carbocycles. The van der Waals surface area contributed by atoms with E-state index in [0.29, 0.717) is 12.4 Å². The van der Waals surface area contributed by atoms with E-state index in [0.717, 1.165) is 17.9 Å². The third-order valence-corrected chi connectivity index (χ3v) is 5.64. The van der Waals surface area contributed by atoms with Gasteiger partial charge in [0.2, 0.25) is 0 Å². The van der Waals surface area contributed by atoms with E-state index in [4.69, 9.17) is 0 Å². The summed E-state index contributed by atoms with van der Waals surface area (Å²) in [5.41, 5.74) is 0.976. The van der Waals surface area contributed by atoms with Gasteiger partial charge in [0.25, 0.3) is 0 Å². The van der Waals surface area contributed by atoms with E-state index < -0.39 is 14.6 Å². The van der Waals surface area contributed by atoms with Crippen molar-refractivity contribution in [1.29, 1.82) is 0 Å². The van der Waals surface area contributed by atoms with Gasteiger partial charge in [-0.25, -0.2) is 18.4 Å². The molecule has 21 heavy (non-hydrogen) atoms. The van der Waals surface area contributed by atoms with Gasteiger partial charge in [-0.15, -0.1) is 0 Å². The van der Waals surface area contributed by atoms with Crippen molar-refractivity contribution >= 4 is 21.5 Å². The van der Waals surface area contributed by atoms with Crippen molar-refractivity contribution in [2.75, 3.05) is 30.0 Å². The van der Waals surface area contributed by atoms with Gasteiger partial charge in [-0.05, 0) is 26.7 Å². The molecule has 0 saturated carbocycles. The van der Waals surface area contributed by atoms with Crippen LogP contribution in [0.25, 0.3) is 0 Å². The van der Waals surface area contributed by atoms with E-state index in [-0.39, 0.29) is 5.92 Å². The fourth-order valence-corrected chi connectivity index (χ4v) is 2.15. The molecule has 0 aromatic carbocycles. The van der Waals surface area contributed by atoms with Crippen LogP contribution in [-0.4, -0.2) is 42.5 Å². The highest BCUT2D eigenvalue weighted by Gasteiger charge is 2.30. The van der Waals surface area contributed by atoms with Crippen LogP contribution in [0.1, 0.15) is 46.1 Å². The predicted octanol–water partition coefficient (Wildman–Crippen LogP) is 2.27. The van der Waals surface area contributed by atoms with Gasteiger partial charge in [0, 0.05) is 24.9 Å². The molecular formula is C14H26N4O2S. The zero-order valence-electron chi connectivity index (χ0n) is 13.7. The first-order chi connectivity index (χ1) is 9.60. The van der Waals surface area contributed by atoms with Gasteiger partial charge in [0.05, 0.1) is 4.75 Å². The van der Waals surface area contributed by atoms with Crippen LogP contribution >= 0.6 is 0 Å². The van der Waals surface area contributed by atoms with E-state index in [1.807, 2.05) is 6.92 Å². The Kier molecular flexibility index (Phi) is 5.55. The molecule has 1 aromatic rings. The summed E-state index contributed by atoms with van der Waals surface area (Å²) in [4.78, 5) is 8.53. The first kappa shape index (κ1) is 17.7. The zero-order chi connectivity index (χ0) is 16.3. The molecule has 7 heteroatoms. The van der Waals surface area contributed by atoms with Crippen molar-refractivity contribution in [3.63, 3.8) is 0 Å². The Morgan fingerprint density at radius 2 is 1.71 bits per heavy atom. The average Bonchev–Trinajstić information content (AvgIpc) is 2.35. The summed E-state index contributed by atoms with van der Waals surface area (Å²) in [6.07, 6.45) is 2.74. The molecule has 120 valence electrons. The highest BCUT2D eigenvalue weighted by Crippen LogP contribution is 2.29. The van der Waals surface area contributed by atoms with E-state index in [1.165, 1.54) is 12.6 Å². The summed E-state index contributed by atoms with van der Waals surface area (Å²) in [6.45, 7) is 10.6. The highest BCUT2D eigenvalue weighted by atomic mass is 32.2. The molecule has 0 aliphatic heterocycles. The van der Waals surface area contributed by atoms with Crippen molar-refractivity contribution in [2.45, 2.75) is 45.3 Å². The number of anilines is 2. The Morgan fingerprint density at radius 1 is 1.19 bits per heavy atom. The van der Waals surface area contributed by atoms with Crippen LogP contribution in [0.15, 0.2) is 6.33 Å². The summed E-state index contributed by atoms with van der Waals surface area (Å²) in [7, 11) is -3.15. The number of hydrogen-bond acceptors (Lipinski definition) is 6. The quantitative estimate of drug-likeness (QED) is 0.803. The number of nitrogens with one attached hydrogen (secondary N) is 2. The first-order valence-electron chi connectivity index (χ1n) is 7.12. The minimum Gasteiger partial charge on any atom is -0.370 e. The molecule has 6 nitrogen and oxygen atoms in total. The van der Waals surface area contributed by atoms with Crippen LogP contribution < -0.4 is 10.6 Å². The molecule has 1 aromatic heterocycles. The molecule has 0 unspecified atom stereocenters. The monoisotopic (exact) mass is 314 g/mol. The first-order valence-corrected chi connectivity index (χ1v) is 9.01. The lowest BCUT2D eigenvalue weighted by Gasteiger charge is -2.25. The van der Waals surface area contributed by atoms with Gasteiger partial charge < -0.3 is 10.6 Å². The van der Waals surface area contributed by atoms with Crippen LogP contribution in [-0.2, 0) is 9.84 Å². The van der Waals surface area contributed by atoms with E-state index in [9.17, 15) is 8.42 Å². The fourth-order valence-electron chi connectivity index (χ4n) is 1.82.